The van der Waals surface area contributed by atoms with Crippen molar-refractivity contribution >= 4 is 12.0 Å². The predicted molar refractivity (Wildman–Crippen MR) is 63.8 cm³/mol. The van der Waals surface area contributed by atoms with Crippen molar-refractivity contribution in [2.24, 2.45) is 0 Å². The van der Waals surface area contributed by atoms with E-state index in [9.17, 15) is 4.79 Å². The number of hydrogen-bond acceptors (Lipinski definition) is 2. The molecule has 0 amide bonds. The molecule has 84 valence electrons. The van der Waals surface area contributed by atoms with Crippen LogP contribution < -0.4 is 0 Å². The van der Waals surface area contributed by atoms with Crippen LogP contribution >= 0.6 is 0 Å². The highest BCUT2D eigenvalue weighted by molar-refractivity contribution is 5.96. The van der Waals surface area contributed by atoms with Crippen molar-refractivity contribution in [3.8, 4) is 0 Å². The van der Waals surface area contributed by atoms with Gasteiger partial charge in [0.15, 0.2) is 0 Å². The first-order chi connectivity index (χ1) is 7.63. The smallest absolute Gasteiger partial charge is 0.334 e. The van der Waals surface area contributed by atoms with Crippen molar-refractivity contribution in [2.45, 2.75) is 32.3 Å². The van der Waals surface area contributed by atoms with E-state index in [1.165, 1.54) is 0 Å². The first-order valence-electron chi connectivity index (χ1n) is 5.62. The Hall–Kier alpha value is -1.57. The first-order valence-corrected chi connectivity index (χ1v) is 5.62. The molecule has 0 aliphatic carbocycles. The highest BCUT2D eigenvalue weighted by Gasteiger charge is 2.37. The van der Waals surface area contributed by atoms with E-state index in [4.69, 9.17) is 4.74 Å². The summed E-state index contributed by atoms with van der Waals surface area (Å²) in [5, 5.41) is 0. The third kappa shape index (κ3) is 2.16. The fourth-order valence-corrected chi connectivity index (χ4v) is 1.86. The second-order valence-electron chi connectivity index (χ2n) is 4.45. The summed E-state index contributed by atoms with van der Waals surface area (Å²) >= 11 is 0. The lowest BCUT2D eigenvalue weighted by atomic mass is 9.96. The summed E-state index contributed by atoms with van der Waals surface area (Å²) in [6.45, 7) is 4.02. The van der Waals surface area contributed by atoms with Gasteiger partial charge in [0.2, 0.25) is 0 Å². The second kappa shape index (κ2) is 4.12. The third-order valence-electron chi connectivity index (χ3n) is 3.05. The monoisotopic (exact) mass is 216 g/mol. The molecule has 1 aromatic carbocycles. The Labute approximate surface area is 95.9 Å². The van der Waals surface area contributed by atoms with Gasteiger partial charge in [-0.05, 0) is 25.0 Å². The van der Waals surface area contributed by atoms with Gasteiger partial charge in [0.25, 0.3) is 0 Å². The molecule has 0 aromatic heterocycles. The SMILES string of the molecule is CCC1(C)C/C(=C\c2ccccc2)C(=O)O1. The highest BCUT2D eigenvalue weighted by Crippen LogP contribution is 2.33. The van der Waals surface area contributed by atoms with E-state index >= 15 is 0 Å². The summed E-state index contributed by atoms with van der Waals surface area (Å²) in [7, 11) is 0. The molecule has 1 saturated heterocycles. The average molecular weight is 216 g/mol. The fraction of sp³-hybridized carbons (Fsp3) is 0.357. The van der Waals surface area contributed by atoms with Gasteiger partial charge >= 0.3 is 5.97 Å². The molecule has 1 aromatic rings. The molecule has 1 aliphatic heterocycles. The maximum atomic E-state index is 11.7. The molecule has 1 atom stereocenters. The lowest BCUT2D eigenvalue weighted by molar-refractivity contribution is -0.145. The van der Waals surface area contributed by atoms with Gasteiger partial charge in [-0.2, -0.15) is 0 Å². The lowest BCUT2D eigenvalue weighted by Gasteiger charge is -2.18. The summed E-state index contributed by atoms with van der Waals surface area (Å²) in [5.74, 6) is -0.173. The van der Waals surface area contributed by atoms with Gasteiger partial charge in [0, 0.05) is 12.0 Å². The van der Waals surface area contributed by atoms with Crippen molar-refractivity contribution in [1.29, 1.82) is 0 Å². The fourth-order valence-electron chi connectivity index (χ4n) is 1.86. The Balaban J connectivity index is 2.24. The normalized spacial score (nSPS) is 27.1. The maximum Gasteiger partial charge on any atom is 0.334 e. The van der Waals surface area contributed by atoms with E-state index < -0.39 is 0 Å². The van der Waals surface area contributed by atoms with Crippen LogP contribution in [-0.2, 0) is 9.53 Å². The molecule has 0 spiro atoms. The van der Waals surface area contributed by atoms with Crippen molar-refractivity contribution in [1.82, 2.24) is 0 Å². The molecule has 0 N–H and O–H groups in total. The van der Waals surface area contributed by atoms with E-state index in [1.54, 1.807) is 0 Å². The van der Waals surface area contributed by atoms with Gasteiger partial charge < -0.3 is 4.74 Å². The molecule has 2 nitrogen and oxygen atoms in total. The minimum atomic E-state index is -0.308. The van der Waals surface area contributed by atoms with Gasteiger partial charge in [0.05, 0.1) is 0 Å². The van der Waals surface area contributed by atoms with Crippen LogP contribution in [0.2, 0.25) is 0 Å². The Morgan fingerprint density at radius 3 is 2.62 bits per heavy atom. The zero-order valence-corrected chi connectivity index (χ0v) is 9.69. The second-order valence-corrected chi connectivity index (χ2v) is 4.45. The minimum Gasteiger partial charge on any atom is -0.456 e. The van der Waals surface area contributed by atoms with E-state index in [0.29, 0.717) is 6.42 Å². The van der Waals surface area contributed by atoms with Crippen LogP contribution in [0.4, 0.5) is 0 Å². The number of carbonyl (C=O) groups excluding carboxylic acids is 1. The van der Waals surface area contributed by atoms with Gasteiger partial charge in [-0.1, -0.05) is 37.3 Å². The molecule has 1 heterocycles. The van der Waals surface area contributed by atoms with Crippen LogP contribution in [0.25, 0.3) is 6.08 Å². The van der Waals surface area contributed by atoms with Crippen molar-refractivity contribution in [3.05, 3.63) is 41.5 Å². The number of carbonyl (C=O) groups is 1. The molecule has 0 saturated carbocycles. The first kappa shape index (κ1) is 10.9. The van der Waals surface area contributed by atoms with Crippen LogP contribution in [0.15, 0.2) is 35.9 Å². The van der Waals surface area contributed by atoms with E-state index in [1.807, 2.05) is 50.3 Å². The maximum absolute atomic E-state index is 11.7. The molecule has 16 heavy (non-hydrogen) atoms. The zero-order valence-electron chi connectivity index (χ0n) is 9.69. The van der Waals surface area contributed by atoms with Crippen LogP contribution in [0.1, 0.15) is 32.3 Å². The molecule has 0 bridgehead atoms. The van der Waals surface area contributed by atoms with Crippen molar-refractivity contribution in [2.75, 3.05) is 0 Å². The number of cyclic esters (lactones) is 1. The molecule has 1 fully saturated rings. The van der Waals surface area contributed by atoms with Crippen molar-refractivity contribution < 1.29 is 9.53 Å². The van der Waals surface area contributed by atoms with Gasteiger partial charge in [-0.15, -0.1) is 0 Å². The Kier molecular flexibility index (Phi) is 2.82. The van der Waals surface area contributed by atoms with Crippen LogP contribution in [0.3, 0.4) is 0 Å². The zero-order chi connectivity index (χ0) is 11.6. The van der Waals surface area contributed by atoms with Crippen LogP contribution in [0.5, 0.6) is 0 Å². The van der Waals surface area contributed by atoms with Crippen LogP contribution in [0, 0.1) is 0 Å². The van der Waals surface area contributed by atoms with E-state index in [2.05, 4.69) is 0 Å². The standard InChI is InChI=1S/C14H16O2/c1-3-14(2)10-12(13(15)16-14)9-11-7-5-4-6-8-11/h4-9H,3,10H2,1-2H3/b12-9+. The Morgan fingerprint density at radius 2 is 2.06 bits per heavy atom. The molecule has 2 heteroatoms. The molecule has 1 unspecified atom stereocenters. The Bertz CT molecular complexity index is 420. The van der Waals surface area contributed by atoms with E-state index in [-0.39, 0.29) is 11.6 Å². The quantitative estimate of drug-likeness (QED) is 0.560. The molecule has 2 rings (SSSR count). The van der Waals surface area contributed by atoms with Gasteiger partial charge in [0.1, 0.15) is 5.60 Å². The summed E-state index contributed by atoms with van der Waals surface area (Å²) in [6.07, 6.45) is 3.48. The summed E-state index contributed by atoms with van der Waals surface area (Å²) in [6, 6.07) is 9.87. The topological polar surface area (TPSA) is 26.3 Å². The number of benzene rings is 1. The Morgan fingerprint density at radius 1 is 1.38 bits per heavy atom. The van der Waals surface area contributed by atoms with Gasteiger partial charge in [-0.25, -0.2) is 4.79 Å². The predicted octanol–water partition coefficient (Wildman–Crippen LogP) is 3.19. The minimum absolute atomic E-state index is 0.173. The number of hydrogen-bond donors (Lipinski definition) is 0. The molecular weight excluding hydrogens is 200 g/mol. The summed E-state index contributed by atoms with van der Waals surface area (Å²) < 4.78 is 5.38. The third-order valence-corrected chi connectivity index (χ3v) is 3.05. The number of ether oxygens (including phenoxy) is 1. The lowest BCUT2D eigenvalue weighted by Crippen LogP contribution is -2.21. The highest BCUT2D eigenvalue weighted by atomic mass is 16.6. The molecular formula is C14H16O2. The van der Waals surface area contributed by atoms with Gasteiger partial charge in [-0.3, -0.25) is 0 Å². The summed E-state index contributed by atoms with van der Waals surface area (Å²) in [4.78, 5) is 11.7. The largest absolute Gasteiger partial charge is 0.456 e. The number of rotatable bonds is 2. The van der Waals surface area contributed by atoms with Crippen LogP contribution in [-0.4, -0.2) is 11.6 Å². The molecule has 1 aliphatic rings. The van der Waals surface area contributed by atoms with Crippen molar-refractivity contribution in [3.63, 3.8) is 0 Å². The number of esters is 1. The average Bonchev–Trinajstić information content (AvgIpc) is 2.57. The molecule has 0 radical (unpaired) electrons. The van der Waals surface area contributed by atoms with E-state index in [0.717, 1.165) is 17.6 Å². The summed E-state index contributed by atoms with van der Waals surface area (Å²) in [5.41, 5.74) is 1.52.